The van der Waals surface area contributed by atoms with E-state index in [1.54, 1.807) is 0 Å². The molecule has 2 rings (SSSR count). The summed E-state index contributed by atoms with van der Waals surface area (Å²) in [5, 5.41) is 3.32. The van der Waals surface area contributed by atoms with Crippen molar-refractivity contribution in [3.8, 4) is 0 Å². The number of hydrogen-bond acceptors (Lipinski definition) is 3. The Kier molecular flexibility index (Phi) is 3.41. The van der Waals surface area contributed by atoms with Crippen LogP contribution in [-0.4, -0.2) is 9.55 Å². The molecule has 0 fully saturated rings. The number of imidazole rings is 1. The molecular formula is C12H17N3O. The maximum atomic E-state index is 5.47. The molecular weight excluding hydrogens is 202 g/mol. The average molecular weight is 219 g/mol. The Labute approximate surface area is 95.3 Å². The van der Waals surface area contributed by atoms with E-state index < -0.39 is 0 Å². The van der Waals surface area contributed by atoms with Gasteiger partial charge >= 0.3 is 0 Å². The molecule has 4 nitrogen and oxygen atoms in total. The van der Waals surface area contributed by atoms with Crippen LogP contribution in [-0.2, 0) is 19.6 Å². The Morgan fingerprint density at radius 3 is 2.94 bits per heavy atom. The molecule has 2 aromatic heterocycles. The Balaban J connectivity index is 1.84. The van der Waals surface area contributed by atoms with Crippen molar-refractivity contribution < 1.29 is 4.42 Å². The van der Waals surface area contributed by atoms with Gasteiger partial charge in [-0.2, -0.15) is 0 Å². The first-order valence-corrected chi connectivity index (χ1v) is 5.55. The summed E-state index contributed by atoms with van der Waals surface area (Å²) in [6.07, 6.45) is 3.83. The molecule has 0 aromatic carbocycles. The zero-order chi connectivity index (χ0) is 11.4. The number of aryl methyl sites for hydroxylation is 2. The number of hydrogen-bond donors (Lipinski definition) is 1. The van der Waals surface area contributed by atoms with E-state index in [0.29, 0.717) is 0 Å². The summed E-state index contributed by atoms with van der Waals surface area (Å²) in [7, 11) is 0. The summed E-state index contributed by atoms with van der Waals surface area (Å²) in [4.78, 5) is 4.29. The zero-order valence-electron chi connectivity index (χ0n) is 9.73. The molecule has 2 heterocycles. The first-order valence-electron chi connectivity index (χ1n) is 5.55. The summed E-state index contributed by atoms with van der Waals surface area (Å²) in [5.41, 5.74) is 0. The van der Waals surface area contributed by atoms with Crippen molar-refractivity contribution in [1.29, 1.82) is 0 Å². The van der Waals surface area contributed by atoms with E-state index in [-0.39, 0.29) is 0 Å². The van der Waals surface area contributed by atoms with Gasteiger partial charge in [-0.05, 0) is 26.0 Å². The van der Waals surface area contributed by atoms with Gasteiger partial charge in [-0.15, -0.1) is 0 Å². The lowest BCUT2D eigenvalue weighted by molar-refractivity contribution is 0.457. The largest absolute Gasteiger partial charge is 0.465 e. The molecule has 16 heavy (non-hydrogen) atoms. The van der Waals surface area contributed by atoms with Crippen LogP contribution in [0, 0.1) is 6.92 Å². The molecule has 0 saturated carbocycles. The van der Waals surface area contributed by atoms with E-state index in [1.807, 2.05) is 31.5 Å². The molecule has 2 aromatic rings. The number of nitrogens with one attached hydrogen (secondary N) is 1. The van der Waals surface area contributed by atoms with Crippen molar-refractivity contribution in [3.63, 3.8) is 0 Å². The van der Waals surface area contributed by atoms with Gasteiger partial charge in [0.15, 0.2) is 0 Å². The SMILES string of the molecule is CCn1ccnc1CNCc1ccc(C)o1. The highest BCUT2D eigenvalue weighted by molar-refractivity contribution is 5.05. The maximum absolute atomic E-state index is 5.47. The van der Waals surface area contributed by atoms with Gasteiger partial charge < -0.3 is 14.3 Å². The fraction of sp³-hybridized carbons (Fsp3) is 0.417. The first-order chi connectivity index (χ1) is 7.79. The Bertz CT molecular complexity index is 445. The predicted molar refractivity (Wildman–Crippen MR) is 61.9 cm³/mol. The third-order valence-corrected chi connectivity index (χ3v) is 2.52. The number of nitrogens with zero attached hydrogens (tertiary/aromatic N) is 2. The lowest BCUT2D eigenvalue weighted by atomic mass is 10.4. The van der Waals surface area contributed by atoms with Crippen LogP contribution in [0.25, 0.3) is 0 Å². The number of furan rings is 1. The number of rotatable bonds is 5. The standard InChI is InChI=1S/C12H17N3O/c1-3-15-7-6-14-12(15)9-13-8-11-5-4-10(2)16-11/h4-7,13H,3,8-9H2,1-2H3. The quantitative estimate of drug-likeness (QED) is 0.837. The molecule has 4 heteroatoms. The van der Waals surface area contributed by atoms with E-state index >= 15 is 0 Å². The van der Waals surface area contributed by atoms with E-state index in [0.717, 1.165) is 37.0 Å². The molecule has 0 aliphatic rings. The van der Waals surface area contributed by atoms with Crippen molar-refractivity contribution >= 4 is 0 Å². The van der Waals surface area contributed by atoms with Crippen LogP contribution in [0.1, 0.15) is 24.3 Å². The lowest BCUT2D eigenvalue weighted by Crippen LogP contribution is -2.16. The van der Waals surface area contributed by atoms with Gasteiger partial charge in [-0.25, -0.2) is 4.98 Å². The van der Waals surface area contributed by atoms with Crippen molar-refractivity contribution in [2.24, 2.45) is 0 Å². The van der Waals surface area contributed by atoms with Crippen LogP contribution in [0.4, 0.5) is 0 Å². The molecule has 86 valence electrons. The van der Waals surface area contributed by atoms with Gasteiger partial charge in [0, 0.05) is 18.9 Å². The fourth-order valence-electron chi connectivity index (χ4n) is 1.67. The predicted octanol–water partition coefficient (Wildman–Crippen LogP) is 2.09. The normalized spacial score (nSPS) is 10.9. The van der Waals surface area contributed by atoms with Gasteiger partial charge in [0.2, 0.25) is 0 Å². The molecule has 0 radical (unpaired) electrons. The van der Waals surface area contributed by atoms with E-state index in [9.17, 15) is 0 Å². The maximum Gasteiger partial charge on any atom is 0.122 e. The molecule has 1 N–H and O–H groups in total. The van der Waals surface area contributed by atoms with Crippen LogP contribution in [0.15, 0.2) is 28.9 Å². The summed E-state index contributed by atoms with van der Waals surface area (Å²) < 4.78 is 7.60. The Hall–Kier alpha value is -1.55. The van der Waals surface area contributed by atoms with Gasteiger partial charge in [-0.3, -0.25) is 0 Å². The molecule has 0 aliphatic heterocycles. The molecule has 0 unspecified atom stereocenters. The third kappa shape index (κ3) is 2.52. The minimum Gasteiger partial charge on any atom is -0.465 e. The topological polar surface area (TPSA) is 43.0 Å². The molecule has 0 atom stereocenters. The highest BCUT2D eigenvalue weighted by atomic mass is 16.3. The molecule has 0 aliphatic carbocycles. The van der Waals surface area contributed by atoms with Gasteiger partial charge in [-0.1, -0.05) is 0 Å². The van der Waals surface area contributed by atoms with Gasteiger partial charge in [0.25, 0.3) is 0 Å². The highest BCUT2D eigenvalue weighted by Crippen LogP contribution is 2.06. The second-order valence-electron chi connectivity index (χ2n) is 3.75. The van der Waals surface area contributed by atoms with Crippen molar-refractivity contribution in [1.82, 2.24) is 14.9 Å². The monoisotopic (exact) mass is 219 g/mol. The Morgan fingerprint density at radius 2 is 2.25 bits per heavy atom. The van der Waals surface area contributed by atoms with Crippen LogP contribution < -0.4 is 5.32 Å². The van der Waals surface area contributed by atoms with Crippen LogP contribution in [0.2, 0.25) is 0 Å². The third-order valence-electron chi connectivity index (χ3n) is 2.52. The van der Waals surface area contributed by atoms with Crippen molar-refractivity contribution in [2.45, 2.75) is 33.5 Å². The van der Waals surface area contributed by atoms with Crippen LogP contribution in [0.3, 0.4) is 0 Å². The first kappa shape index (κ1) is 11.0. The smallest absolute Gasteiger partial charge is 0.122 e. The minimum absolute atomic E-state index is 0.740. The number of aromatic nitrogens is 2. The van der Waals surface area contributed by atoms with Gasteiger partial charge in [0.1, 0.15) is 17.3 Å². The van der Waals surface area contributed by atoms with Crippen molar-refractivity contribution in [3.05, 3.63) is 41.9 Å². The molecule has 0 spiro atoms. The zero-order valence-corrected chi connectivity index (χ0v) is 9.73. The second-order valence-corrected chi connectivity index (χ2v) is 3.75. The highest BCUT2D eigenvalue weighted by Gasteiger charge is 2.02. The summed E-state index contributed by atoms with van der Waals surface area (Å²) in [6.45, 7) is 6.52. The van der Waals surface area contributed by atoms with E-state index in [2.05, 4.69) is 21.8 Å². The minimum atomic E-state index is 0.740. The Morgan fingerprint density at radius 1 is 1.38 bits per heavy atom. The van der Waals surface area contributed by atoms with E-state index in [1.165, 1.54) is 0 Å². The molecule has 0 saturated heterocycles. The molecule has 0 amide bonds. The summed E-state index contributed by atoms with van der Waals surface area (Å²) in [5.74, 6) is 2.98. The van der Waals surface area contributed by atoms with Gasteiger partial charge in [0.05, 0.1) is 13.1 Å². The fourth-order valence-corrected chi connectivity index (χ4v) is 1.67. The van der Waals surface area contributed by atoms with Crippen LogP contribution in [0.5, 0.6) is 0 Å². The molecule has 0 bridgehead atoms. The van der Waals surface area contributed by atoms with E-state index in [4.69, 9.17) is 4.42 Å². The van der Waals surface area contributed by atoms with Crippen LogP contribution >= 0.6 is 0 Å². The summed E-state index contributed by atoms with van der Waals surface area (Å²) >= 11 is 0. The average Bonchev–Trinajstić information content (AvgIpc) is 2.87. The summed E-state index contributed by atoms with van der Waals surface area (Å²) in [6, 6.07) is 3.97. The second kappa shape index (κ2) is 4.99. The van der Waals surface area contributed by atoms with Crippen molar-refractivity contribution in [2.75, 3.05) is 0 Å². The lowest BCUT2D eigenvalue weighted by Gasteiger charge is -2.05.